The van der Waals surface area contributed by atoms with Crippen molar-refractivity contribution in [3.8, 4) is 0 Å². The molecule has 2 aromatic rings. The van der Waals surface area contributed by atoms with Gasteiger partial charge in [-0.2, -0.15) is 0 Å². The smallest absolute Gasteiger partial charge is 0.338 e. The van der Waals surface area contributed by atoms with Crippen molar-refractivity contribution in [1.29, 1.82) is 0 Å². The van der Waals surface area contributed by atoms with Gasteiger partial charge in [0.25, 0.3) is 0 Å². The maximum atomic E-state index is 11.6. The van der Waals surface area contributed by atoms with Gasteiger partial charge in [-0.15, -0.1) is 0 Å². The minimum atomic E-state index is -0.275. The second kappa shape index (κ2) is 6.95. The molecule has 0 aliphatic carbocycles. The average Bonchev–Trinajstić information content (AvgIpc) is 2.44. The van der Waals surface area contributed by atoms with Crippen LogP contribution >= 0.6 is 27.7 Å². The maximum absolute atomic E-state index is 11.6. The first-order chi connectivity index (χ1) is 9.60. The lowest BCUT2D eigenvalue weighted by atomic mass is 10.2. The summed E-state index contributed by atoms with van der Waals surface area (Å²) >= 11 is 5.17. The highest BCUT2D eigenvalue weighted by Crippen LogP contribution is 2.30. The normalized spacial score (nSPS) is 10.3. The highest BCUT2D eigenvalue weighted by Gasteiger charge is 2.06. The lowest BCUT2D eigenvalue weighted by molar-refractivity contribution is 0.0526. The van der Waals surface area contributed by atoms with Crippen LogP contribution in [0.4, 0.5) is 0 Å². The van der Waals surface area contributed by atoms with E-state index < -0.39 is 0 Å². The molecule has 0 bridgehead atoms. The number of carbonyl (C=O) groups excluding carboxylic acids is 1. The van der Waals surface area contributed by atoms with Crippen molar-refractivity contribution in [2.75, 3.05) is 6.61 Å². The van der Waals surface area contributed by atoms with Gasteiger partial charge >= 0.3 is 5.97 Å². The van der Waals surface area contributed by atoms with Crippen LogP contribution in [-0.2, 0) is 4.74 Å². The molecule has 0 fully saturated rings. The number of esters is 1. The zero-order valence-electron chi connectivity index (χ0n) is 11.4. The summed E-state index contributed by atoms with van der Waals surface area (Å²) in [5, 5.41) is 0. The Morgan fingerprint density at radius 3 is 2.40 bits per heavy atom. The first-order valence-electron chi connectivity index (χ1n) is 6.31. The molecule has 0 saturated heterocycles. The highest BCUT2D eigenvalue weighted by molar-refractivity contribution is 9.10. The zero-order chi connectivity index (χ0) is 14.5. The number of aryl methyl sites for hydroxylation is 1. The molecule has 0 spiro atoms. The van der Waals surface area contributed by atoms with Crippen LogP contribution in [0.3, 0.4) is 0 Å². The van der Waals surface area contributed by atoms with Gasteiger partial charge in [0.1, 0.15) is 0 Å². The first kappa shape index (κ1) is 15.1. The van der Waals surface area contributed by atoms with Crippen LogP contribution in [0.2, 0.25) is 0 Å². The van der Waals surface area contributed by atoms with Crippen LogP contribution in [-0.4, -0.2) is 12.6 Å². The van der Waals surface area contributed by atoms with Crippen LogP contribution in [0.1, 0.15) is 22.8 Å². The molecule has 0 N–H and O–H groups in total. The van der Waals surface area contributed by atoms with E-state index in [1.165, 1.54) is 10.5 Å². The van der Waals surface area contributed by atoms with E-state index in [0.717, 1.165) is 9.37 Å². The van der Waals surface area contributed by atoms with Gasteiger partial charge in [0, 0.05) is 14.3 Å². The molecule has 4 heteroatoms. The quantitative estimate of drug-likeness (QED) is 0.718. The van der Waals surface area contributed by atoms with Crippen LogP contribution < -0.4 is 0 Å². The molecule has 0 radical (unpaired) electrons. The number of rotatable bonds is 4. The summed E-state index contributed by atoms with van der Waals surface area (Å²) in [6.07, 6.45) is 0. The fraction of sp³-hybridized carbons (Fsp3) is 0.188. The second-order valence-corrected chi connectivity index (χ2v) is 6.26. The van der Waals surface area contributed by atoms with Gasteiger partial charge < -0.3 is 4.74 Å². The van der Waals surface area contributed by atoms with Crippen molar-refractivity contribution in [2.45, 2.75) is 23.6 Å². The summed E-state index contributed by atoms with van der Waals surface area (Å²) in [5.41, 5.74) is 1.79. The average molecular weight is 351 g/mol. The van der Waals surface area contributed by atoms with E-state index in [0.29, 0.717) is 12.2 Å². The first-order valence-corrected chi connectivity index (χ1v) is 7.92. The zero-order valence-corrected chi connectivity index (χ0v) is 13.8. The predicted molar refractivity (Wildman–Crippen MR) is 85.4 cm³/mol. The molecule has 2 rings (SSSR count). The molecule has 20 heavy (non-hydrogen) atoms. The maximum Gasteiger partial charge on any atom is 0.338 e. The monoisotopic (exact) mass is 350 g/mol. The molecule has 0 aliphatic rings. The van der Waals surface area contributed by atoms with E-state index in [4.69, 9.17) is 4.74 Å². The highest BCUT2D eigenvalue weighted by atomic mass is 79.9. The Balaban J connectivity index is 2.10. The molecule has 0 saturated carbocycles. The minimum Gasteiger partial charge on any atom is -0.462 e. The summed E-state index contributed by atoms with van der Waals surface area (Å²) in [4.78, 5) is 13.8. The third-order valence-electron chi connectivity index (χ3n) is 2.73. The van der Waals surface area contributed by atoms with Gasteiger partial charge in [-0.3, -0.25) is 0 Å². The number of carbonyl (C=O) groups is 1. The van der Waals surface area contributed by atoms with Crippen molar-refractivity contribution in [2.24, 2.45) is 0 Å². The van der Waals surface area contributed by atoms with E-state index in [2.05, 4.69) is 35.0 Å². The number of benzene rings is 2. The molecule has 2 nitrogen and oxygen atoms in total. The summed E-state index contributed by atoms with van der Waals surface area (Å²) in [6, 6.07) is 13.7. The number of hydrogen-bond acceptors (Lipinski definition) is 3. The van der Waals surface area contributed by atoms with E-state index >= 15 is 0 Å². The lowest BCUT2D eigenvalue weighted by Gasteiger charge is -2.06. The largest absolute Gasteiger partial charge is 0.462 e. The fourth-order valence-corrected chi connectivity index (χ4v) is 2.85. The molecule has 0 atom stereocenters. The fourth-order valence-electron chi connectivity index (χ4n) is 1.69. The topological polar surface area (TPSA) is 26.3 Å². The Hall–Kier alpha value is -1.26. The minimum absolute atomic E-state index is 0.275. The lowest BCUT2D eigenvalue weighted by Crippen LogP contribution is -2.03. The Labute approximate surface area is 131 Å². The molecule has 0 unspecified atom stereocenters. The molecule has 2 aromatic carbocycles. The van der Waals surface area contributed by atoms with Crippen LogP contribution in [0, 0.1) is 6.92 Å². The number of hydrogen-bond donors (Lipinski definition) is 0. The molecular weight excluding hydrogens is 336 g/mol. The third-order valence-corrected chi connectivity index (χ3v) is 4.62. The third kappa shape index (κ3) is 3.87. The van der Waals surface area contributed by atoms with Gasteiger partial charge in [-0.05, 0) is 61.9 Å². The van der Waals surface area contributed by atoms with Crippen molar-refractivity contribution in [3.05, 3.63) is 58.1 Å². The summed E-state index contributed by atoms with van der Waals surface area (Å²) in [5.74, 6) is -0.275. The Morgan fingerprint density at radius 1 is 1.15 bits per heavy atom. The summed E-state index contributed by atoms with van der Waals surface area (Å²) < 4.78 is 6.07. The van der Waals surface area contributed by atoms with E-state index in [-0.39, 0.29) is 5.97 Å². The van der Waals surface area contributed by atoms with Crippen molar-refractivity contribution >= 4 is 33.7 Å². The van der Waals surface area contributed by atoms with Crippen LogP contribution in [0.5, 0.6) is 0 Å². The Kier molecular flexibility index (Phi) is 5.26. The number of halogens is 1. The van der Waals surface area contributed by atoms with Crippen LogP contribution in [0.15, 0.2) is 56.7 Å². The summed E-state index contributed by atoms with van der Waals surface area (Å²) in [7, 11) is 0. The molecule has 0 aromatic heterocycles. The molecule has 0 aliphatic heterocycles. The van der Waals surface area contributed by atoms with Crippen molar-refractivity contribution in [1.82, 2.24) is 0 Å². The Bertz CT molecular complexity index is 608. The molecule has 104 valence electrons. The molecule has 0 amide bonds. The van der Waals surface area contributed by atoms with Crippen molar-refractivity contribution in [3.63, 3.8) is 0 Å². The standard InChI is InChI=1S/C16H15BrO2S/c1-3-19-16(18)12-4-6-13(7-5-12)20-14-8-9-15(17)11(2)10-14/h4-10H,3H2,1-2H3. The Morgan fingerprint density at radius 2 is 1.80 bits per heavy atom. The van der Waals surface area contributed by atoms with E-state index in [1.54, 1.807) is 30.8 Å². The molecule has 0 heterocycles. The summed E-state index contributed by atoms with van der Waals surface area (Å²) in [6.45, 7) is 4.27. The SMILES string of the molecule is CCOC(=O)c1ccc(Sc2ccc(Br)c(C)c2)cc1. The van der Waals surface area contributed by atoms with Gasteiger partial charge in [0.15, 0.2) is 0 Å². The van der Waals surface area contributed by atoms with Gasteiger partial charge in [0.05, 0.1) is 12.2 Å². The van der Waals surface area contributed by atoms with Crippen molar-refractivity contribution < 1.29 is 9.53 Å². The van der Waals surface area contributed by atoms with Gasteiger partial charge in [-0.1, -0.05) is 27.7 Å². The van der Waals surface area contributed by atoms with E-state index in [1.807, 2.05) is 18.2 Å². The molecular formula is C16H15BrO2S. The van der Waals surface area contributed by atoms with E-state index in [9.17, 15) is 4.79 Å². The van der Waals surface area contributed by atoms with Gasteiger partial charge in [0.2, 0.25) is 0 Å². The van der Waals surface area contributed by atoms with Gasteiger partial charge in [-0.25, -0.2) is 4.79 Å². The second-order valence-electron chi connectivity index (χ2n) is 4.26. The predicted octanol–water partition coefficient (Wildman–Crippen LogP) is 5.09. The number of ether oxygens (including phenoxy) is 1. The van der Waals surface area contributed by atoms with Crippen LogP contribution in [0.25, 0.3) is 0 Å².